The van der Waals surface area contributed by atoms with Gasteiger partial charge in [0.1, 0.15) is 0 Å². The minimum absolute atomic E-state index is 0.0854. The van der Waals surface area contributed by atoms with E-state index < -0.39 is 28.8 Å². The number of benzene rings is 1. The fraction of sp³-hybridized carbons (Fsp3) is 0. The quantitative estimate of drug-likeness (QED) is 0.413. The lowest BCUT2D eigenvalue weighted by Crippen LogP contribution is -1.99. The van der Waals surface area contributed by atoms with Crippen LogP contribution in [0.25, 0.3) is 11.3 Å². The Kier molecular flexibility index (Phi) is 2.60. The molecule has 81 valence electrons. The van der Waals surface area contributed by atoms with Crippen molar-refractivity contribution in [2.75, 3.05) is 0 Å². The van der Waals surface area contributed by atoms with E-state index in [0.717, 1.165) is 0 Å². The summed E-state index contributed by atoms with van der Waals surface area (Å²) in [6.07, 6.45) is 1.31. The average Bonchev–Trinajstić information content (AvgIpc) is 2.32. The molecule has 2 rings (SSSR count). The van der Waals surface area contributed by atoms with Gasteiger partial charge in [0.25, 0.3) is 0 Å². The second-order valence-corrected chi connectivity index (χ2v) is 2.98. The Hall–Kier alpha value is -1.91. The highest BCUT2D eigenvalue weighted by atomic mass is 19.2. The summed E-state index contributed by atoms with van der Waals surface area (Å²) in [7, 11) is 0. The second kappa shape index (κ2) is 3.92. The van der Waals surface area contributed by atoms with E-state index in [4.69, 9.17) is 0 Å². The standard InChI is InChI=1S/C11H4F4N/c12-7-5-6(8-3-1-2-4-16-8)9(13)11(15)10(7)14/h1-2,4-5H. The molecule has 0 saturated carbocycles. The van der Waals surface area contributed by atoms with Gasteiger partial charge < -0.3 is 0 Å². The van der Waals surface area contributed by atoms with Crippen molar-refractivity contribution in [2.24, 2.45) is 0 Å². The largest absolute Gasteiger partial charge is 0.255 e. The molecular formula is C11H4F4N. The van der Waals surface area contributed by atoms with Gasteiger partial charge in [0.2, 0.25) is 0 Å². The lowest BCUT2D eigenvalue weighted by molar-refractivity contribution is 0.410. The van der Waals surface area contributed by atoms with Gasteiger partial charge in [-0.15, -0.1) is 0 Å². The van der Waals surface area contributed by atoms with Crippen molar-refractivity contribution >= 4 is 0 Å². The fourth-order valence-electron chi connectivity index (χ4n) is 1.22. The van der Waals surface area contributed by atoms with Crippen molar-refractivity contribution in [2.45, 2.75) is 0 Å². The van der Waals surface area contributed by atoms with Gasteiger partial charge >= 0.3 is 0 Å². The highest BCUT2D eigenvalue weighted by Gasteiger charge is 2.20. The Morgan fingerprint density at radius 3 is 2.38 bits per heavy atom. The molecule has 0 aliphatic rings. The maximum Gasteiger partial charge on any atom is 0.198 e. The number of aromatic nitrogens is 1. The van der Waals surface area contributed by atoms with Gasteiger partial charge in [0.15, 0.2) is 23.3 Å². The van der Waals surface area contributed by atoms with Gasteiger partial charge in [-0.1, -0.05) is 6.07 Å². The van der Waals surface area contributed by atoms with Gasteiger partial charge in [-0.3, -0.25) is 4.98 Å². The van der Waals surface area contributed by atoms with Gasteiger partial charge in [-0.2, -0.15) is 0 Å². The molecule has 1 heterocycles. The predicted molar refractivity (Wildman–Crippen MR) is 48.3 cm³/mol. The summed E-state index contributed by atoms with van der Waals surface area (Å²) in [4.78, 5) is 3.67. The van der Waals surface area contributed by atoms with E-state index in [2.05, 4.69) is 11.1 Å². The molecule has 0 amide bonds. The van der Waals surface area contributed by atoms with Crippen LogP contribution in [0.1, 0.15) is 0 Å². The van der Waals surface area contributed by atoms with E-state index in [0.29, 0.717) is 6.07 Å². The van der Waals surface area contributed by atoms with Crippen LogP contribution in [-0.2, 0) is 0 Å². The van der Waals surface area contributed by atoms with Crippen LogP contribution in [-0.4, -0.2) is 4.98 Å². The van der Waals surface area contributed by atoms with Crippen LogP contribution in [0.2, 0.25) is 0 Å². The first-order chi connectivity index (χ1) is 7.61. The summed E-state index contributed by atoms with van der Waals surface area (Å²) in [6.45, 7) is 0. The van der Waals surface area contributed by atoms with E-state index in [1.165, 1.54) is 18.3 Å². The molecule has 1 radical (unpaired) electrons. The van der Waals surface area contributed by atoms with E-state index in [1.54, 1.807) is 0 Å². The third-order valence-corrected chi connectivity index (χ3v) is 1.96. The molecule has 1 nitrogen and oxygen atoms in total. The zero-order chi connectivity index (χ0) is 11.7. The normalized spacial score (nSPS) is 10.5. The maximum absolute atomic E-state index is 13.3. The Bertz CT molecular complexity index is 525. The molecule has 0 unspecified atom stereocenters. The molecule has 16 heavy (non-hydrogen) atoms. The van der Waals surface area contributed by atoms with Crippen molar-refractivity contribution < 1.29 is 17.6 Å². The molecule has 0 fully saturated rings. The molecule has 2 aromatic rings. The molecule has 0 spiro atoms. The van der Waals surface area contributed by atoms with Gasteiger partial charge in [-0.25, -0.2) is 17.6 Å². The highest BCUT2D eigenvalue weighted by Crippen LogP contribution is 2.25. The molecule has 1 aromatic carbocycles. The van der Waals surface area contributed by atoms with Crippen LogP contribution in [0.5, 0.6) is 0 Å². The smallest absolute Gasteiger partial charge is 0.198 e. The second-order valence-electron chi connectivity index (χ2n) is 2.98. The van der Waals surface area contributed by atoms with Crippen molar-refractivity contribution in [1.82, 2.24) is 4.98 Å². The third-order valence-electron chi connectivity index (χ3n) is 1.96. The first-order valence-electron chi connectivity index (χ1n) is 4.27. The Labute approximate surface area is 88.4 Å². The lowest BCUT2D eigenvalue weighted by Gasteiger charge is -2.04. The highest BCUT2D eigenvalue weighted by molar-refractivity contribution is 5.59. The molecule has 0 aliphatic heterocycles. The monoisotopic (exact) mass is 226 g/mol. The third kappa shape index (κ3) is 1.64. The van der Waals surface area contributed by atoms with Crippen LogP contribution in [0.4, 0.5) is 17.6 Å². The van der Waals surface area contributed by atoms with Crippen molar-refractivity contribution in [3.8, 4) is 11.3 Å². The SMILES string of the molecule is Fc1cc(-c2[c]cccn2)c(F)c(F)c1F. The van der Waals surface area contributed by atoms with E-state index in [9.17, 15) is 17.6 Å². The average molecular weight is 226 g/mol. The molecule has 0 aliphatic carbocycles. The van der Waals surface area contributed by atoms with Crippen LogP contribution >= 0.6 is 0 Å². The summed E-state index contributed by atoms with van der Waals surface area (Å²) in [5.74, 6) is -6.63. The first kappa shape index (κ1) is 10.6. The van der Waals surface area contributed by atoms with Gasteiger partial charge in [0.05, 0.1) is 5.69 Å². The number of pyridine rings is 1. The minimum atomic E-state index is -1.85. The summed E-state index contributed by atoms with van der Waals surface area (Å²) < 4.78 is 51.7. The van der Waals surface area contributed by atoms with E-state index >= 15 is 0 Å². The van der Waals surface area contributed by atoms with Crippen molar-refractivity contribution in [3.05, 3.63) is 53.7 Å². The van der Waals surface area contributed by atoms with Crippen LogP contribution in [0, 0.1) is 29.3 Å². The number of rotatable bonds is 1. The molecule has 0 bridgehead atoms. The lowest BCUT2D eigenvalue weighted by atomic mass is 10.1. The Morgan fingerprint density at radius 1 is 1.00 bits per heavy atom. The van der Waals surface area contributed by atoms with Crippen molar-refractivity contribution in [1.29, 1.82) is 0 Å². The molecule has 0 N–H and O–H groups in total. The summed E-state index contributed by atoms with van der Waals surface area (Å²) in [6, 6.07) is 5.96. The molecular weight excluding hydrogens is 222 g/mol. The van der Waals surface area contributed by atoms with Crippen LogP contribution < -0.4 is 0 Å². The number of hydrogen-bond acceptors (Lipinski definition) is 1. The molecule has 0 atom stereocenters. The molecule has 5 heteroatoms. The number of nitrogens with zero attached hydrogens (tertiary/aromatic N) is 1. The number of halogens is 4. The minimum Gasteiger partial charge on any atom is -0.255 e. The van der Waals surface area contributed by atoms with Gasteiger partial charge in [-0.05, 0) is 12.1 Å². The first-order valence-corrected chi connectivity index (χ1v) is 4.27. The fourth-order valence-corrected chi connectivity index (χ4v) is 1.22. The Balaban J connectivity index is 2.68. The van der Waals surface area contributed by atoms with Crippen molar-refractivity contribution in [3.63, 3.8) is 0 Å². The maximum atomic E-state index is 13.3. The molecule has 1 aromatic heterocycles. The van der Waals surface area contributed by atoms with E-state index in [1.807, 2.05) is 0 Å². The zero-order valence-corrected chi connectivity index (χ0v) is 7.77. The topological polar surface area (TPSA) is 12.9 Å². The Morgan fingerprint density at radius 2 is 1.75 bits per heavy atom. The van der Waals surface area contributed by atoms with E-state index in [-0.39, 0.29) is 5.69 Å². The van der Waals surface area contributed by atoms with Crippen LogP contribution in [0.15, 0.2) is 24.4 Å². The summed E-state index contributed by atoms with van der Waals surface area (Å²) >= 11 is 0. The predicted octanol–water partition coefficient (Wildman–Crippen LogP) is 3.11. The molecule has 0 saturated heterocycles. The summed E-state index contributed by atoms with van der Waals surface area (Å²) in [5.41, 5.74) is -0.546. The number of hydrogen-bond donors (Lipinski definition) is 0. The van der Waals surface area contributed by atoms with Crippen LogP contribution in [0.3, 0.4) is 0 Å². The summed E-state index contributed by atoms with van der Waals surface area (Å²) in [5, 5.41) is 0. The zero-order valence-electron chi connectivity index (χ0n) is 7.77. The van der Waals surface area contributed by atoms with Gasteiger partial charge in [0, 0.05) is 17.8 Å².